The van der Waals surface area contributed by atoms with E-state index in [0.717, 1.165) is 0 Å². The summed E-state index contributed by atoms with van der Waals surface area (Å²) in [5, 5.41) is 5.32. The van der Waals surface area contributed by atoms with Gasteiger partial charge in [0.05, 0.1) is 5.56 Å². The molecule has 2 heterocycles. The Morgan fingerprint density at radius 1 is 1.38 bits per heavy atom. The maximum Gasteiger partial charge on any atom is 0.259 e. The molecular weight excluding hydrogens is 188 g/mol. The van der Waals surface area contributed by atoms with Crippen LogP contribution in [-0.2, 0) is 0 Å². The number of rotatable bonds is 1. The summed E-state index contributed by atoms with van der Waals surface area (Å²) < 4.78 is 0.332. The molecule has 0 saturated heterocycles. The minimum Gasteiger partial charge on any atom is -0.328 e. The Bertz CT molecular complexity index is 523. The molecule has 0 amide bonds. The smallest absolute Gasteiger partial charge is 0.259 e. The first-order valence-electron chi connectivity index (χ1n) is 3.60. The third kappa shape index (κ3) is 1.43. The average molecular weight is 194 g/mol. The van der Waals surface area contributed by atoms with E-state index in [1.54, 1.807) is 18.3 Å². The van der Waals surface area contributed by atoms with Gasteiger partial charge in [-0.3, -0.25) is 15.0 Å². The fourth-order valence-corrected chi connectivity index (χ4v) is 1.15. The summed E-state index contributed by atoms with van der Waals surface area (Å²) in [6.07, 6.45) is 1.56. The maximum atomic E-state index is 11.3. The van der Waals surface area contributed by atoms with Gasteiger partial charge in [0.25, 0.3) is 5.56 Å². The molecule has 2 rings (SSSR count). The first-order valence-corrected chi connectivity index (χ1v) is 4.01. The highest BCUT2D eigenvalue weighted by Gasteiger charge is 2.03. The van der Waals surface area contributed by atoms with Gasteiger partial charge in [-0.1, -0.05) is 0 Å². The van der Waals surface area contributed by atoms with Crippen LogP contribution in [0.3, 0.4) is 0 Å². The minimum absolute atomic E-state index is 0.194. The van der Waals surface area contributed by atoms with Gasteiger partial charge in [0.15, 0.2) is 5.82 Å². The number of nitrogens with zero attached hydrogens (tertiary/aromatic N) is 1. The second-order valence-electron chi connectivity index (χ2n) is 2.43. The van der Waals surface area contributed by atoms with Gasteiger partial charge in [0.1, 0.15) is 0 Å². The second-order valence-corrected chi connectivity index (χ2v) is 2.82. The number of hydrogen-bond donors (Lipinski definition) is 3. The summed E-state index contributed by atoms with van der Waals surface area (Å²) >= 11 is 4.77. The van der Waals surface area contributed by atoms with E-state index < -0.39 is 0 Å². The lowest BCUT2D eigenvalue weighted by Crippen LogP contribution is -2.07. The van der Waals surface area contributed by atoms with Gasteiger partial charge in [-0.15, -0.1) is 0 Å². The Kier molecular flexibility index (Phi) is 1.82. The van der Waals surface area contributed by atoms with Crippen molar-refractivity contribution >= 4 is 12.2 Å². The van der Waals surface area contributed by atoms with E-state index in [1.165, 1.54) is 0 Å². The molecule has 0 spiro atoms. The molecule has 5 nitrogen and oxygen atoms in total. The van der Waals surface area contributed by atoms with E-state index in [2.05, 4.69) is 20.2 Å². The lowest BCUT2D eigenvalue weighted by atomic mass is 10.3. The molecule has 2 aromatic rings. The van der Waals surface area contributed by atoms with Crippen molar-refractivity contribution in [2.45, 2.75) is 0 Å². The minimum atomic E-state index is -0.194. The van der Waals surface area contributed by atoms with Crippen molar-refractivity contribution in [2.24, 2.45) is 0 Å². The van der Waals surface area contributed by atoms with Crippen LogP contribution in [0.15, 0.2) is 23.1 Å². The van der Waals surface area contributed by atoms with Gasteiger partial charge >= 0.3 is 0 Å². The Morgan fingerprint density at radius 2 is 2.23 bits per heavy atom. The van der Waals surface area contributed by atoms with Crippen LogP contribution in [0.25, 0.3) is 11.4 Å². The highest BCUT2D eigenvalue weighted by molar-refractivity contribution is 7.71. The predicted molar refractivity (Wildman–Crippen MR) is 49.8 cm³/mol. The van der Waals surface area contributed by atoms with Gasteiger partial charge in [-0.25, -0.2) is 0 Å². The van der Waals surface area contributed by atoms with Crippen LogP contribution in [-0.4, -0.2) is 20.2 Å². The third-order valence-electron chi connectivity index (χ3n) is 1.57. The van der Waals surface area contributed by atoms with Crippen molar-refractivity contribution in [3.8, 4) is 11.4 Å². The van der Waals surface area contributed by atoms with Crippen LogP contribution < -0.4 is 5.56 Å². The van der Waals surface area contributed by atoms with Gasteiger partial charge in [0, 0.05) is 6.20 Å². The summed E-state index contributed by atoms with van der Waals surface area (Å²) in [5.74, 6) is 0.451. The third-order valence-corrected chi connectivity index (χ3v) is 1.77. The van der Waals surface area contributed by atoms with E-state index in [1.807, 2.05) is 0 Å². The summed E-state index contributed by atoms with van der Waals surface area (Å²) in [4.78, 5) is 17.7. The SMILES string of the molecule is O=c1[nH]cccc1-c1nc(=S)[nH][nH]1. The highest BCUT2D eigenvalue weighted by atomic mass is 32.1. The molecule has 3 N–H and O–H groups in total. The van der Waals surface area contributed by atoms with E-state index in [0.29, 0.717) is 16.2 Å². The van der Waals surface area contributed by atoms with E-state index >= 15 is 0 Å². The first-order chi connectivity index (χ1) is 6.27. The molecule has 0 atom stereocenters. The molecule has 6 heteroatoms. The Balaban J connectivity index is 2.65. The summed E-state index contributed by atoms with van der Waals surface area (Å²) in [6.45, 7) is 0. The first kappa shape index (κ1) is 7.93. The topological polar surface area (TPSA) is 77.3 Å². The Hall–Kier alpha value is -1.69. The van der Waals surface area contributed by atoms with Crippen molar-refractivity contribution < 1.29 is 0 Å². The van der Waals surface area contributed by atoms with Crippen LogP contribution in [0.4, 0.5) is 0 Å². The Labute approximate surface area is 77.8 Å². The van der Waals surface area contributed by atoms with E-state index in [-0.39, 0.29) is 5.56 Å². The lowest BCUT2D eigenvalue weighted by molar-refractivity contribution is 1.08. The number of aromatic nitrogens is 4. The maximum absolute atomic E-state index is 11.3. The molecule has 0 bridgehead atoms. The molecule has 0 aliphatic heterocycles. The molecule has 0 radical (unpaired) electrons. The van der Waals surface area contributed by atoms with Crippen molar-refractivity contribution in [3.63, 3.8) is 0 Å². The number of hydrogen-bond acceptors (Lipinski definition) is 3. The molecule has 13 heavy (non-hydrogen) atoms. The van der Waals surface area contributed by atoms with Gasteiger partial charge in [-0.2, -0.15) is 4.98 Å². The van der Waals surface area contributed by atoms with Crippen molar-refractivity contribution in [2.75, 3.05) is 0 Å². The Morgan fingerprint density at radius 3 is 2.85 bits per heavy atom. The van der Waals surface area contributed by atoms with E-state index in [9.17, 15) is 4.79 Å². The normalized spacial score (nSPS) is 10.2. The summed E-state index contributed by atoms with van der Waals surface area (Å²) in [7, 11) is 0. The molecule has 66 valence electrons. The van der Waals surface area contributed by atoms with Crippen LogP contribution in [0.5, 0.6) is 0 Å². The van der Waals surface area contributed by atoms with Gasteiger partial charge in [-0.05, 0) is 24.4 Å². The summed E-state index contributed by atoms with van der Waals surface area (Å²) in [5.41, 5.74) is 0.273. The number of H-pyrrole nitrogens is 3. The number of nitrogens with one attached hydrogen (secondary N) is 3. The van der Waals surface area contributed by atoms with Crippen LogP contribution in [0, 0.1) is 4.77 Å². The average Bonchev–Trinajstić information content (AvgIpc) is 2.53. The second kappa shape index (κ2) is 2.98. The van der Waals surface area contributed by atoms with Crippen molar-refractivity contribution in [1.29, 1.82) is 0 Å². The molecule has 2 aromatic heterocycles. The quantitative estimate of drug-likeness (QED) is 0.588. The number of aromatic amines is 3. The molecule has 0 aliphatic rings. The molecule has 0 fully saturated rings. The van der Waals surface area contributed by atoms with Crippen molar-refractivity contribution in [1.82, 2.24) is 20.2 Å². The zero-order valence-electron chi connectivity index (χ0n) is 6.50. The van der Waals surface area contributed by atoms with Crippen LogP contribution in [0.2, 0.25) is 0 Å². The van der Waals surface area contributed by atoms with Crippen molar-refractivity contribution in [3.05, 3.63) is 33.5 Å². The van der Waals surface area contributed by atoms with E-state index in [4.69, 9.17) is 12.2 Å². The lowest BCUT2D eigenvalue weighted by Gasteiger charge is -1.91. The summed E-state index contributed by atoms with van der Waals surface area (Å²) in [6, 6.07) is 3.39. The van der Waals surface area contributed by atoms with Crippen LogP contribution in [0.1, 0.15) is 0 Å². The molecule has 0 unspecified atom stereocenters. The molecule has 0 aromatic carbocycles. The van der Waals surface area contributed by atoms with Gasteiger partial charge < -0.3 is 4.98 Å². The molecule has 0 aliphatic carbocycles. The zero-order valence-corrected chi connectivity index (χ0v) is 7.31. The predicted octanol–water partition coefficient (Wildman–Crippen LogP) is 0.823. The van der Waals surface area contributed by atoms with Crippen LogP contribution >= 0.6 is 12.2 Å². The highest BCUT2D eigenvalue weighted by Crippen LogP contribution is 2.05. The number of pyridine rings is 1. The monoisotopic (exact) mass is 194 g/mol. The zero-order chi connectivity index (χ0) is 9.26. The van der Waals surface area contributed by atoms with Gasteiger partial charge in [0.2, 0.25) is 4.77 Å². The molecular formula is C7H6N4OS. The standard InChI is InChI=1S/C7H6N4OS/c12-6-4(2-1-3-8-6)5-9-7(13)11-10-5/h1-3H,(H,8,12)(H2,9,10,11,13). The fourth-order valence-electron chi connectivity index (χ4n) is 1.01. The fraction of sp³-hybridized carbons (Fsp3) is 0. The largest absolute Gasteiger partial charge is 0.328 e. The molecule has 0 saturated carbocycles.